The molecule has 1 aromatic heterocycles. The van der Waals surface area contributed by atoms with Crippen LogP contribution in [0.2, 0.25) is 5.02 Å². The van der Waals surface area contributed by atoms with Crippen LogP contribution in [0.4, 0.5) is 0 Å². The van der Waals surface area contributed by atoms with Gasteiger partial charge >= 0.3 is 5.97 Å². The largest absolute Gasteiger partial charge is 0.482 e. The third kappa shape index (κ3) is 6.37. The van der Waals surface area contributed by atoms with Crippen LogP contribution in [0.15, 0.2) is 48.7 Å². The summed E-state index contributed by atoms with van der Waals surface area (Å²) >= 11 is 6.03. The number of amides is 1. The van der Waals surface area contributed by atoms with Crippen LogP contribution in [0, 0.1) is 0 Å². The molecule has 1 aromatic carbocycles. The molecule has 26 heavy (non-hydrogen) atoms. The Morgan fingerprint density at radius 1 is 1.15 bits per heavy atom. The Labute approximate surface area is 157 Å². The second-order valence-corrected chi connectivity index (χ2v) is 5.82. The number of nitrogens with zero attached hydrogens (tertiary/aromatic N) is 2. The highest BCUT2D eigenvalue weighted by molar-refractivity contribution is 6.32. The maximum atomic E-state index is 12.6. The van der Waals surface area contributed by atoms with Gasteiger partial charge in [0.1, 0.15) is 5.75 Å². The van der Waals surface area contributed by atoms with Crippen molar-refractivity contribution in [2.75, 3.05) is 19.8 Å². The molecule has 0 spiro atoms. The van der Waals surface area contributed by atoms with Gasteiger partial charge < -0.3 is 14.4 Å². The molecule has 0 aliphatic heterocycles. The zero-order valence-electron chi connectivity index (χ0n) is 14.6. The summed E-state index contributed by atoms with van der Waals surface area (Å²) in [6, 6.07) is 12.4. The maximum absolute atomic E-state index is 12.6. The van der Waals surface area contributed by atoms with Crippen LogP contribution in [0.5, 0.6) is 5.75 Å². The van der Waals surface area contributed by atoms with Crippen LogP contribution in [0.1, 0.15) is 19.0 Å². The van der Waals surface area contributed by atoms with Gasteiger partial charge in [0.15, 0.2) is 6.61 Å². The van der Waals surface area contributed by atoms with Gasteiger partial charge in [0, 0.05) is 12.7 Å². The van der Waals surface area contributed by atoms with Gasteiger partial charge in [0.05, 0.1) is 30.3 Å². The first-order valence-electron chi connectivity index (χ1n) is 8.30. The number of halogens is 1. The van der Waals surface area contributed by atoms with E-state index >= 15 is 0 Å². The zero-order valence-corrected chi connectivity index (χ0v) is 15.3. The van der Waals surface area contributed by atoms with Crippen LogP contribution >= 0.6 is 11.6 Å². The van der Waals surface area contributed by atoms with Gasteiger partial charge in [-0.05, 0) is 31.2 Å². The van der Waals surface area contributed by atoms with E-state index in [1.54, 1.807) is 43.5 Å². The van der Waals surface area contributed by atoms with Gasteiger partial charge in [-0.25, -0.2) is 0 Å². The Kier molecular flexibility index (Phi) is 7.89. The summed E-state index contributed by atoms with van der Waals surface area (Å²) in [6.45, 7) is 2.37. The van der Waals surface area contributed by atoms with Gasteiger partial charge in [0.25, 0.3) is 5.91 Å². The number of hydrogen-bond acceptors (Lipinski definition) is 5. The molecule has 6 nitrogen and oxygen atoms in total. The molecule has 2 aromatic rings. The van der Waals surface area contributed by atoms with Crippen LogP contribution in [0.25, 0.3) is 0 Å². The fraction of sp³-hybridized carbons (Fsp3) is 0.316. The molecule has 138 valence electrons. The monoisotopic (exact) mass is 376 g/mol. The maximum Gasteiger partial charge on any atom is 0.307 e. The molecular formula is C19H21ClN2O4. The second kappa shape index (κ2) is 10.4. The number of pyridine rings is 1. The van der Waals surface area contributed by atoms with E-state index in [0.29, 0.717) is 17.4 Å². The highest BCUT2D eigenvalue weighted by atomic mass is 35.5. The third-order valence-corrected chi connectivity index (χ3v) is 3.82. The summed E-state index contributed by atoms with van der Waals surface area (Å²) in [5.41, 5.74) is 0.724. The molecule has 0 saturated carbocycles. The Balaban J connectivity index is 1.99. The molecule has 0 unspecified atom stereocenters. The predicted molar refractivity (Wildman–Crippen MR) is 97.9 cm³/mol. The summed E-state index contributed by atoms with van der Waals surface area (Å²) in [4.78, 5) is 30.0. The smallest absolute Gasteiger partial charge is 0.307 e. The van der Waals surface area contributed by atoms with Crippen molar-refractivity contribution in [2.45, 2.75) is 19.9 Å². The lowest BCUT2D eigenvalue weighted by atomic mass is 10.3. The predicted octanol–water partition coefficient (Wildman–Crippen LogP) is 3.10. The molecule has 0 N–H and O–H groups in total. The van der Waals surface area contributed by atoms with Gasteiger partial charge in [-0.3, -0.25) is 14.6 Å². The quantitative estimate of drug-likeness (QED) is 0.629. The topological polar surface area (TPSA) is 68.7 Å². The van der Waals surface area contributed by atoms with E-state index in [-0.39, 0.29) is 38.0 Å². The first-order chi connectivity index (χ1) is 12.6. The van der Waals surface area contributed by atoms with E-state index in [9.17, 15) is 9.59 Å². The number of benzene rings is 1. The number of para-hydroxylation sites is 1. The molecule has 0 fully saturated rings. The Bertz CT molecular complexity index is 724. The van der Waals surface area contributed by atoms with Gasteiger partial charge in [-0.15, -0.1) is 0 Å². The van der Waals surface area contributed by atoms with Crippen molar-refractivity contribution in [2.24, 2.45) is 0 Å². The minimum atomic E-state index is -0.349. The summed E-state index contributed by atoms with van der Waals surface area (Å²) in [7, 11) is 0. The molecular weight excluding hydrogens is 356 g/mol. The SMILES string of the molecule is CCOC(=O)CCN(Cc1ccccn1)C(=O)COc1ccccc1Cl. The summed E-state index contributed by atoms with van der Waals surface area (Å²) in [6.07, 6.45) is 1.77. The number of rotatable bonds is 9. The summed E-state index contributed by atoms with van der Waals surface area (Å²) in [5.74, 6) is -0.177. The molecule has 0 radical (unpaired) electrons. The number of ether oxygens (including phenoxy) is 2. The van der Waals surface area contributed by atoms with Gasteiger partial charge in [0.2, 0.25) is 0 Å². The first-order valence-corrected chi connectivity index (χ1v) is 8.68. The van der Waals surface area contributed by atoms with E-state index in [0.717, 1.165) is 5.69 Å². The molecule has 0 bridgehead atoms. The summed E-state index contributed by atoms with van der Waals surface area (Å²) < 4.78 is 10.4. The lowest BCUT2D eigenvalue weighted by Crippen LogP contribution is -2.36. The van der Waals surface area contributed by atoms with Crippen molar-refractivity contribution in [3.8, 4) is 5.75 Å². The average Bonchev–Trinajstić information content (AvgIpc) is 2.65. The van der Waals surface area contributed by atoms with Crippen LogP contribution in [0.3, 0.4) is 0 Å². The third-order valence-electron chi connectivity index (χ3n) is 3.51. The van der Waals surface area contributed by atoms with Crippen molar-refractivity contribution < 1.29 is 19.1 Å². The van der Waals surface area contributed by atoms with Crippen molar-refractivity contribution in [3.05, 3.63) is 59.4 Å². The zero-order chi connectivity index (χ0) is 18.8. The van der Waals surface area contributed by atoms with Crippen molar-refractivity contribution >= 4 is 23.5 Å². The van der Waals surface area contributed by atoms with Crippen molar-refractivity contribution in [1.82, 2.24) is 9.88 Å². The van der Waals surface area contributed by atoms with Crippen LogP contribution in [-0.4, -0.2) is 41.5 Å². The van der Waals surface area contributed by atoms with Crippen LogP contribution < -0.4 is 4.74 Å². The second-order valence-electron chi connectivity index (χ2n) is 5.41. The molecule has 1 heterocycles. The number of hydrogen-bond donors (Lipinski definition) is 0. The summed E-state index contributed by atoms with van der Waals surface area (Å²) in [5, 5.41) is 0.433. The molecule has 1 amide bonds. The van der Waals surface area contributed by atoms with Crippen molar-refractivity contribution in [3.63, 3.8) is 0 Å². The van der Waals surface area contributed by atoms with Crippen molar-refractivity contribution in [1.29, 1.82) is 0 Å². The molecule has 0 saturated heterocycles. The van der Waals surface area contributed by atoms with Gasteiger partial charge in [-0.1, -0.05) is 29.8 Å². The van der Waals surface area contributed by atoms with E-state index < -0.39 is 0 Å². The van der Waals surface area contributed by atoms with E-state index in [2.05, 4.69) is 4.98 Å². The lowest BCUT2D eigenvalue weighted by molar-refractivity contribution is -0.144. The normalized spacial score (nSPS) is 10.2. The number of carbonyl (C=O) groups is 2. The highest BCUT2D eigenvalue weighted by Crippen LogP contribution is 2.23. The molecule has 0 aliphatic carbocycles. The number of esters is 1. The lowest BCUT2D eigenvalue weighted by Gasteiger charge is -2.22. The molecule has 0 atom stereocenters. The minimum Gasteiger partial charge on any atom is -0.482 e. The van der Waals surface area contributed by atoms with E-state index in [4.69, 9.17) is 21.1 Å². The first kappa shape index (κ1) is 19.7. The highest BCUT2D eigenvalue weighted by Gasteiger charge is 2.17. The molecule has 0 aliphatic rings. The Hall–Kier alpha value is -2.60. The number of carbonyl (C=O) groups excluding carboxylic acids is 2. The molecule has 7 heteroatoms. The fourth-order valence-electron chi connectivity index (χ4n) is 2.23. The number of aromatic nitrogens is 1. The van der Waals surface area contributed by atoms with Crippen LogP contribution in [-0.2, 0) is 20.9 Å². The standard InChI is InChI=1S/C19H21ClN2O4/c1-2-25-19(24)10-12-22(13-15-7-5-6-11-21-15)18(23)14-26-17-9-4-3-8-16(17)20/h3-9,11H,2,10,12-14H2,1H3. The van der Waals surface area contributed by atoms with E-state index in [1.165, 1.54) is 4.90 Å². The molecule has 2 rings (SSSR count). The minimum absolute atomic E-state index is 0.110. The Morgan fingerprint density at radius 2 is 1.92 bits per heavy atom. The average molecular weight is 377 g/mol. The Morgan fingerprint density at radius 3 is 2.62 bits per heavy atom. The van der Waals surface area contributed by atoms with Gasteiger partial charge in [-0.2, -0.15) is 0 Å². The van der Waals surface area contributed by atoms with E-state index in [1.807, 2.05) is 12.1 Å². The fourth-order valence-corrected chi connectivity index (χ4v) is 2.42.